The highest BCUT2D eigenvalue weighted by molar-refractivity contribution is 9.10. The number of hydrogen-bond acceptors (Lipinski definition) is 3. The van der Waals surface area contributed by atoms with E-state index in [1.165, 1.54) is 0 Å². The van der Waals surface area contributed by atoms with Crippen LogP contribution in [0.4, 0.5) is 11.4 Å². The van der Waals surface area contributed by atoms with Crippen LogP contribution in [0.3, 0.4) is 0 Å². The van der Waals surface area contributed by atoms with Crippen LogP contribution < -0.4 is 15.4 Å². The molecule has 0 bridgehead atoms. The average Bonchev–Trinajstić information content (AvgIpc) is 2.49. The number of halogens is 1. The third-order valence-electron chi connectivity index (χ3n) is 3.25. The second-order valence-electron chi connectivity index (χ2n) is 5.07. The molecule has 0 saturated heterocycles. The third-order valence-corrected chi connectivity index (χ3v) is 4.10. The first-order valence-corrected chi connectivity index (χ1v) is 7.73. The molecule has 4 nitrogen and oxygen atoms in total. The van der Waals surface area contributed by atoms with E-state index in [9.17, 15) is 4.79 Å². The lowest BCUT2D eigenvalue weighted by Gasteiger charge is -2.12. The van der Waals surface area contributed by atoms with Crippen molar-refractivity contribution in [3.8, 4) is 5.75 Å². The van der Waals surface area contributed by atoms with Crippen LogP contribution in [0.1, 0.15) is 11.1 Å². The molecule has 0 heterocycles. The number of amides is 1. The van der Waals surface area contributed by atoms with Crippen molar-refractivity contribution in [1.29, 1.82) is 0 Å². The molecule has 5 heteroatoms. The summed E-state index contributed by atoms with van der Waals surface area (Å²) in [5, 5.41) is 5.96. The predicted octanol–water partition coefficient (Wildman–Crippen LogP) is 4.13. The quantitative estimate of drug-likeness (QED) is 0.840. The van der Waals surface area contributed by atoms with Crippen molar-refractivity contribution in [2.45, 2.75) is 13.8 Å². The fraction of sp³-hybridized carbons (Fsp3) is 0.235. The molecular weight excluding hydrogens is 344 g/mol. The largest absolute Gasteiger partial charge is 0.495 e. The zero-order valence-electron chi connectivity index (χ0n) is 12.9. The molecule has 0 aliphatic heterocycles. The Kier molecular flexibility index (Phi) is 5.44. The molecule has 2 aromatic carbocycles. The molecule has 0 spiro atoms. The summed E-state index contributed by atoms with van der Waals surface area (Å²) in [6.45, 7) is 4.17. The molecule has 0 unspecified atom stereocenters. The number of hydrogen-bond donors (Lipinski definition) is 2. The van der Waals surface area contributed by atoms with E-state index in [4.69, 9.17) is 4.74 Å². The predicted molar refractivity (Wildman–Crippen MR) is 93.7 cm³/mol. The van der Waals surface area contributed by atoms with Gasteiger partial charge in [0, 0.05) is 10.2 Å². The van der Waals surface area contributed by atoms with Crippen LogP contribution in [-0.4, -0.2) is 19.6 Å². The van der Waals surface area contributed by atoms with Crippen molar-refractivity contribution in [2.24, 2.45) is 0 Å². The Morgan fingerprint density at radius 3 is 2.64 bits per heavy atom. The molecule has 0 radical (unpaired) electrons. The van der Waals surface area contributed by atoms with E-state index >= 15 is 0 Å². The summed E-state index contributed by atoms with van der Waals surface area (Å²) in [7, 11) is 1.61. The van der Waals surface area contributed by atoms with Crippen molar-refractivity contribution in [2.75, 3.05) is 24.3 Å². The minimum atomic E-state index is -0.112. The molecule has 0 atom stereocenters. The van der Waals surface area contributed by atoms with Crippen LogP contribution >= 0.6 is 15.9 Å². The van der Waals surface area contributed by atoms with Gasteiger partial charge in [0.2, 0.25) is 5.91 Å². The zero-order valence-corrected chi connectivity index (χ0v) is 14.5. The topological polar surface area (TPSA) is 50.4 Å². The van der Waals surface area contributed by atoms with Crippen LogP contribution in [0.25, 0.3) is 0 Å². The van der Waals surface area contributed by atoms with Gasteiger partial charge >= 0.3 is 0 Å². The van der Waals surface area contributed by atoms with E-state index in [0.29, 0.717) is 0 Å². The molecule has 0 aromatic heterocycles. The van der Waals surface area contributed by atoms with Crippen LogP contribution in [-0.2, 0) is 4.79 Å². The molecule has 0 aliphatic carbocycles. The lowest BCUT2D eigenvalue weighted by Crippen LogP contribution is -2.22. The third kappa shape index (κ3) is 4.24. The maximum absolute atomic E-state index is 12.0. The van der Waals surface area contributed by atoms with Crippen molar-refractivity contribution >= 4 is 33.2 Å². The van der Waals surface area contributed by atoms with E-state index in [1.807, 2.05) is 50.2 Å². The summed E-state index contributed by atoms with van der Waals surface area (Å²) < 4.78 is 6.25. The smallest absolute Gasteiger partial charge is 0.243 e. The van der Waals surface area contributed by atoms with E-state index < -0.39 is 0 Å². The Morgan fingerprint density at radius 1 is 1.18 bits per heavy atom. The van der Waals surface area contributed by atoms with Gasteiger partial charge in [0.25, 0.3) is 0 Å². The number of rotatable bonds is 5. The van der Waals surface area contributed by atoms with Gasteiger partial charge in [-0.2, -0.15) is 0 Å². The van der Waals surface area contributed by atoms with Gasteiger partial charge in [-0.3, -0.25) is 4.79 Å². The molecule has 0 fully saturated rings. The first-order chi connectivity index (χ1) is 10.5. The first-order valence-electron chi connectivity index (χ1n) is 6.94. The van der Waals surface area contributed by atoms with Gasteiger partial charge in [-0.25, -0.2) is 0 Å². The van der Waals surface area contributed by atoms with Gasteiger partial charge in [-0.05, 0) is 49.2 Å². The minimum Gasteiger partial charge on any atom is -0.495 e. The molecule has 1 amide bonds. The van der Waals surface area contributed by atoms with Gasteiger partial charge in [-0.15, -0.1) is 0 Å². The van der Waals surface area contributed by atoms with Crippen molar-refractivity contribution in [3.05, 3.63) is 52.0 Å². The summed E-state index contributed by atoms with van der Waals surface area (Å²) in [6.07, 6.45) is 0. The summed E-state index contributed by atoms with van der Waals surface area (Å²) in [4.78, 5) is 12.0. The van der Waals surface area contributed by atoms with E-state index in [0.717, 1.165) is 32.7 Å². The monoisotopic (exact) mass is 362 g/mol. The second kappa shape index (κ2) is 7.31. The SMILES string of the molecule is COc1ccc(C)cc1NCC(=O)Nc1ccc(C)c(Br)c1. The number of methoxy groups -OCH3 is 1. The summed E-state index contributed by atoms with van der Waals surface area (Å²) >= 11 is 3.46. The van der Waals surface area contributed by atoms with E-state index in [-0.39, 0.29) is 12.5 Å². The number of anilines is 2. The Balaban J connectivity index is 1.98. The zero-order chi connectivity index (χ0) is 16.1. The highest BCUT2D eigenvalue weighted by Crippen LogP contribution is 2.25. The lowest BCUT2D eigenvalue weighted by molar-refractivity contribution is -0.114. The lowest BCUT2D eigenvalue weighted by atomic mass is 10.2. The Hall–Kier alpha value is -2.01. The fourth-order valence-electron chi connectivity index (χ4n) is 2.01. The summed E-state index contributed by atoms with van der Waals surface area (Å²) in [5.41, 5.74) is 3.80. The van der Waals surface area contributed by atoms with Crippen molar-refractivity contribution < 1.29 is 9.53 Å². The van der Waals surface area contributed by atoms with Gasteiger partial charge in [0.1, 0.15) is 5.75 Å². The molecule has 0 saturated carbocycles. The molecule has 0 aliphatic rings. The summed E-state index contributed by atoms with van der Waals surface area (Å²) in [5.74, 6) is 0.607. The first kappa shape index (κ1) is 16.4. The maximum Gasteiger partial charge on any atom is 0.243 e. The number of carbonyl (C=O) groups excluding carboxylic acids is 1. The van der Waals surface area contributed by atoms with Crippen molar-refractivity contribution in [1.82, 2.24) is 0 Å². The fourth-order valence-corrected chi connectivity index (χ4v) is 2.39. The number of aryl methyl sites for hydroxylation is 2. The van der Waals surface area contributed by atoms with Crippen LogP contribution in [0.2, 0.25) is 0 Å². The Labute approximate surface area is 139 Å². The maximum atomic E-state index is 12.0. The number of carbonyl (C=O) groups is 1. The molecule has 2 N–H and O–H groups in total. The Bertz CT molecular complexity index is 686. The van der Waals surface area contributed by atoms with Crippen LogP contribution in [0.15, 0.2) is 40.9 Å². The molecule has 2 aromatic rings. The highest BCUT2D eigenvalue weighted by Gasteiger charge is 2.07. The normalized spacial score (nSPS) is 10.2. The molecule has 116 valence electrons. The number of benzene rings is 2. The van der Waals surface area contributed by atoms with Crippen LogP contribution in [0, 0.1) is 13.8 Å². The molecule has 2 rings (SSSR count). The van der Waals surface area contributed by atoms with Gasteiger partial charge < -0.3 is 15.4 Å². The number of ether oxygens (including phenoxy) is 1. The van der Waals surface area contributed by atoms with E-state index in [2.05, 4.69) is 26.6 Å². The van der Waals surface area contributed by atoms with Gasteiger partial charge in [0.05, 0.1) is 19.3 Å². The average molecular weight is 363 g/mol. The Morgan fingerprint density at radius 2 is 1.95 bits per heavy atom. The van der Waals surface area contributed by atoms with Gasteiger partial charge in [0.15, 0.2) is 0 Å². The minimum absolute atomic E-state index is 0.112. The molecule has 22 heavy (non-hydrogen) atoms. The number of nitrogens with one attached hydrogen (secondary N) is 2. The standard InChI is InChI=1S/C17H19BrN2O2/c1-11-4-7-16(22-3)15(8-11)19-10-17(21)20-13-6-5-12(2)14(18)9-13/h4-9,19H,10H2,1-3H3,(H,20,21). The van der Waals surface area contributed by atoms with Gasteiger partial charge in [-0.1, -0.05) is 28.1 Å². The summed E-state index contributed by atoms with van der Waals surface area (Å²) in [6, 6.07) is 11.5. The van der Waals surface area contributed by atoms with Crippen molar-refractivity contribution in [3.63, 3.8) is 0 Å². The van der Waals surface area contributed by atoms with E-state index in [1.54, 1.807) is 7.11 Å². The van der Waals surface area contributed by atoms with Crippen LogP contribution in [0.5, 0.6) is 5.75 Å². The second-order valence-corrected chi connectivity index (χ2v) is 5.92. The highest BCUT2D eigenvalue weighted by atomic mass is 79.9. The molecular formula is C17H19BrN2O2.